The Morgan fingerprint density at radius 1 is 1.52 bits per heavy atom. The number of carbonyl (C=O) groups is 1. The summed E-state index contributed by atoms with van der Waals surface area (Å²) in [6, 6.07) is 5.12. The zero-order chi connectivity index (χ0) is 18.0. The highest BCUT2D eigenvalue weighted by atomic mass is 35.5. The van der Waals surface area contributed by atoms with Crippen molar-refractivity contribution >= 4 is 17.5 Å². The monoisotopic (exact) mass is 363 g/mol. The van der Waals surface area contributed by atoms with Crippen LogP contribution in [0.3, 0.4) is 0 Å². The van der Waals surface area contributed by atoms with Crippen LogP contribution in [0.4, 0.5) is 0 Å². The average Bonchev–Trinajstić information content (AvgIpc) is 2.95. The molecule has 1 aliphatic rings. The number of aryl methyl sites for hydroxylation is 2. The van der Waals surface area contributed by atoms with Crippen molar-refractivity contribution in [2.45, 2.75) is 31.9 Å². The standard InChI is InChI=1S/C18H22ClN3O3/c1-11-5-14(19)3-4-16(11)25-10-17(24)21-18(12-6-15(23)7-12)13-8-20-22(2)9-13/h3-5,8-9,12,15,18,23H,6-7,10H2,1-2H3,(H,21,24). The third-order valence-corrected chi connectivity index (χ3v) is 4.75. The van der Waals surface area contributed by atoms with E-state index in [4.69, 9.17) is 16.3 Å². The predicted molar refractivity (Wildman–Crippen MR) is 94.5 cm³/mol. The number of aromatic nitrogens is 2. The van der Waals surface area contributed by atoms with Crippen LogP contribution in [-0.4, -0.2) is 33.5 Å². The quantitative estimate of drug-likeness (QED) is 0.826. The Morgan fingerprint density at radius 2 is 2.28 bits per heavy atom. The molecule has 1 saturated carbocycles. The summed E-state index contributed by atoms with van der Waals surface area (Å²) in [5.74, 6) is 0.640. The van der Waals surface area contributed by atoms with Gasteiger partial charge in [0.1, 0.15) is 5.75 Å². The van der Waals surface area contributed by atoms with Crippen LogP contribution >= 0.6 is 11.6 Å². The molecule has 7 heteroatoms. The van der Waals surface area contributed by atoms with E-state index >= 15 is 0 Å². The van der Waals surface area contributed by atoms with Crippen LogP contribution in [0.2, 0.25) is 5.02 Å². The van der Waals surface area contributed by atoms with Gasteiger partial charge < -0.3 is 15.2 Å². The number of hydrogen-bond acceptors (Lipinski definition) is 4. The number of ether oxygens (including phenoxy) is 1. The molecule has 3 rings (SSSR count). The second-order valence-electron chi connectivity index (χ2n) is 6.58. The minimum atomic E-state index is -0.283. The molecule has 1 aromatic carbocycles. The Morgan fingerprint density at radius 3 is 2.88 bits per heavy atom. The van der Waals surface area contributed by atoms with Crippen LogP contribution in [0.25, 0.3) is 0 Å². The van der Waals surface area contributed by atoms with E-state index in [0.29, 0.717) is 23.6 Å². The van der Waals surface area contributed by atoms with Gasteiger partial charge in [0.25, 0.3) is 5.91 Å². The third kappa shape index (κ3) is 4.32. The van der Waals surface area contributed by atoms with Gasteiger partial charge in [0.2, 0.25) is 0 Å². The first kappa shape index (κ1) is 17.8. The van der Waals surface area contributed by atoms with Gasteiger partial charge in [-0.2, -0.15) is 5.10 Å². The maximum atomic E-state index is 12.4. The lowest BCUT2D eigenvalue weighted by Crippen LogP contribution is -2.42. The molecular weight excluding hydrogens is 342 g/mol. The molecule has 0 bridgehead atoms. The Bertz CT molecular complexity index is 756. The minimum absolute atomic E-state index is 0.0749. The molecule has 1 heterocycles. The van der Waals surface area contributed by atoms with Gasteiger partial charge in [-0.1, -0.05) is 11.6 Å². The zero-order valence-electron chi connectivity index (χ0n) is 14.3. The van der Waals surface area contributed by atoms with Crippen LogP contribution in [0.1, 0.15) is 30.0 Å². The van der Waals surface area contributed by atoms with Gasteiger partial charge in [-0.05, 0) is 49.4 Å². The highest BCUT2D eigenvalue weighted by molar-refractivity contribution is 6.30. The summed E-state index contributed by atoms with van der Waals surface area (Å²) in [5, 5.41) is 17.4. The molecule has 25 heavy (non-hydrogen) atoms. The van der Waals surface area contributed by atoms with Crippen molar-refractivity contribution in [2.75, 3.05) is 6.61 Å². The number of aliphatic hydroxyl groups is 1. The molecular formula is C18H22ClN3O3. The summed E-state index contributed by atoms with van der Waals surface area (Å²) in [6.45, 7) is 1.81. The van der Waals surface area contributed by atoms with Crippen molar-refractivity contribution in [3.8, 4) is 5.75 Å². The summed E-state index contributed by atoms with van der Waals surface area (Å²) in [4.78, 5) is 12.4. The average molecular weight is 364 g/mol. The Balaban J connectivity index is 1.62. The number of nitrogens with one attached hydrogen (secondary N) is 1. The minimum Gasteiger partial charge on any atom is -0.484 e. The van der Waals surface area contributed by atoms with Crippen LogP contribution in [-0.2, 0) is 11.8 Å². The summed E-state index contributed by atoms with van der Waals surface area (Å²) in [7, 11) is 1.84. The maximum absolute atomic E-state index is 12.4. The van der Waals surface area contributed by atoms with Crippen molar-refractivity contribution in [1.29, 1.82) is 0 Å². The van der Waals surface area contributed by atoms with Crippen LogP contribution in [0, 0.1) is 12.8 Å². The van der Waals surface area contributed by atoms with E-state index in [-0.39, 0.29) is 30.6 Å². The molecule has 0 spiro atoms. The first-order valence-corrected chi connectivity index (χ1v) is 8.65. The van der Waals surface area contributed by atoms with Crippen molar-refractivity contribution in [2.24, 2.45) is 13.0 Å². The first-order chi connectivity index (χ1) is 11.9. The fourth-order valence-electron chi connectivity index (χ4n) is 3.11. The molecule has 0 saturated heterocycles. The maximum Gasteiger partial charge on any atom is 0.258 e. The normalized spacial score (nSPS) is 20.6. The molecule has 6 nitrogen and oxygen atoms in total. The lowest BCUT2D eigenvalue weighted by atomic mass is 9.75. The van der Waals surface area contributed by atoms with E-state index in [0.717, 1.165) is 11.1 Å². The van der Waals surface area contributed by atoms with Gasteiger partial charge in [-0.25, -0.2) is 0 Å². The molecule has 1 fully saturated rings. The number of halogens is 1. The first-order valence-electron chi connectivity index (χ1n) is 8.27. The molecule has 1 aliphatic carbocycles. The van der Waals surface area contributed by atoms with Crippen molar-refractivity contribution < 1.29 is 14.6 Å². The van der Waals surface area contributed by atoms with Gasteiger partial charge >= 0.3 is 0 Å². The van der Waals surface area contributed by atoms with Crippen molar-refractivity contribution in [3.05, 3.63) is 46.7 Å². The number of benzene rings is 1. The van der Waals surface area contributed by atoms with Gasteiger partial charge in [-0.15, -0.1) is 0 Å². The molecule has 134 valence electrons. The van der Waals surface area contributed by atoms with Gasteiger partial charge in [0, 0.05) is 23.8 Å². The lowest BCUT2D eigenvalue weighted by Gasteiger charge is -2.37. The number of nitrogens with zero attached hydrogens (tertiary/aromatic N) is 2. The summed E-state index contributed by atoms with van der Waals surface area (Å²) < 4.78 is 7.31. The van der Waals surface area contributed by atoms with E-state index < -0.39 is 0 Å². The second-order valence-corrected chi connectivity index (χ2v) is 7.01. The van der Waals surface area contributed by atoms with Crippen LogP contribution < -0.4 is 10.1 Å². The number of rotatable bonds is 6. The Hall–Kier alpha value is -2.05. The summed E-state index contributed by atoms with van der Waals surface area (Å²) >= 11 is 5.92. The van der Waals surface area contributed by atoms with Gasteiger partial charge in [0.05, 0.1) is 18.3 Å². The highest BCUT2D eigenvalue weighted by Gasteiger charge is 2.36. The van der Waals surface area contributed by atoms with Gasteiger partial charge in [0.15, 0.2) is 6.61 Å². The second kappa shape index (κ2) is 7.45. The molecule has 0 aliphatic heterocycles. The predicted octanol–water partition coefficient (Wildman–Crippen LogP) is 2.39. The number of aliphatic hydroxyl groups excluding tert-OH is 1. The molecule has 1 amide bonds. The van der Waals surface area contributed by atoms with Crippen LogP contribution in [0.15, 0.2) is 30.6 Å². The zero-order valence-corrected chi connectivity index (χ0v) is 15.0. The highest BCUT2D eigenvalue weighted by Crippen LogP contribution is 2.37. The van der Waals surface area contributed by atoms with Crippen LogP contribution in [0.5, 0.6) is 5.75 Å². The molecule has 1 aromatic heterocycles. The van der Waals surface area contributed by atoms with E-state index in [2.05, 4.69) is 10.4 Å². The Labute approximate surface area is 151 Å². The number of amides is 1. The third-order valence-electron chi connectivity index (χ3n) is 4.52. The topological polar surface area (TPSA) is 76.4 Å². The number of carbonyl (C=O) groups excluding carboxylic acids is 1. The lowest BCUT2D eigenvalue weighted by molar-refractivity contribution is -0.125. The molecule has 0 radical (unpaired) electrons. The van der Waals surface area contributed by atoms with E-state index in [1.807, 2.05) is 20.2 Å². The van der Waals surface area contributed by atoms with E-state index in [1.54, 1.807) is 29.1 Å². The Kier molecular flexibility index (Phi) is 5.30. The van der Waals surface area contributed by atoms with Gasteiger partial charge in [-0.3, -0.25) is 9.48 Å². The van der Waals surface area contributed by atoms with Crippen molar-refractivity contribution in [3.63, 3.8) is 0 Å². The number of hydrogen-bond donors (Lipinski definition) is 2. The van der Waals surface area contributed by atoms with Crippen molar-refractivity contribution in [1.82, 2.24) is 15.1 Å². The fourth-order valence-corrected chi connectivity index (χ4v) is 3.34. The summed E-state index contributed by atoms with van der Waals surface area (Å²) in [5.41, 5.74) is 1.82. The molecule has 2 N–H and O–H groups in total. The molecule has 1 unspecified atom stereocenters. The smallest absolute Gasteiger partial charge is 0.258 e. The largest absolute Gasteiger partial charge is 0.484 e. The molecule has 1 atom stereocenters. The molecule has 2 aromatic rings. The van der Waals surface area contributed by atoms with E-state index in [1.165, 1.54) is 0 Å². The fraction of sp³-hybridized carbons (Fsp3) is 0.444. The SMILES string of the molecule is Cc1cc(Cl)ccc1OCC(=O)NC(c1cnn(C)c1)C1CC(O)C1. The summed E-state index contributed by atoms with van der Waals surface area (Å²) in [6.07, 6.45) is 4.71. The van der Waals surface area contributed by atoms with E-state index in [9.17, 15) is 9.90 Å².